The number of aryl methyl sites for hydroxylation is 1. The Balaban J connectivity index is 2.01. The van der Waals surface area contributed by atoms with Crippen molar-refractivity contribution in [2.24, 2.45) is 0 Å². The first-order chi connectivity index (χ1) is 9.79. The summed E-state index contributed by atoms with van der Waals surface area (Å²) in [5.74, 6) is 0.553. The Bertz CT molecular complexity index is 667. The molecule has 0 saturated heterocycles. The van der Waals surface area contributed by atoms with E-state index in [9.17, 15) is 14.7 Å². The molecule has 0 saturated carbocycles. The topological polar surface area (TPSA) is 95.3 Å². The highest BCUT2D eigenvalue weighted by molar-refractivity contribution is 5.99. The van der Waals surface area contributed by atoms with E-state index in [4.69, 9.17) is 4.42 Å². The van der Waals surface area contributed by atoms with E-state index in [1.54, 1.807) is 26.0 Å². The van der Waals surface area contributed by atoms with E-state index in [1.165, 1.54) is 19.2 Å². The summed E-state index contributed by atoms with van der Waals surface area (Å²) in [6.07, 6.45) is 1.48. The van der Waals surface area contributed by atoms with Crippen molar-refractivity contribution in [1.29, 1.82) is 0 Å². The smallest absolute Gasteiger partial charge is 0.267 e. The Hall–Kier alpha value is -2.34. The van der Waals surface area contributed by atoms with Gasteiger partial charge in [0.2, 0.25) is 0 Å². The maximum Gasteiger partial charge on any atom is 0.267 e. The van der Waals surface area contributed by atoms with Gasteiger partial charge in [-0.05, 0) is 39.0 Å². The zero-order valence-electron chi connectivity index (χ0n) is 12.2. The van der Waals surface area contributed by atoms with Crippen molar-refractivity contribution in [3.8, 4) is 0 Å². The molecule has 6 heteroatoms. The number of nitrogens with one attached hydrogen (secondary N) is 2. The number of hydrogen-bond acceptors (Lipinski definition) is 4. The number of rotatable bonds is 5. The minimum Gasteiger partial charge on any atom is -0.463 e. The van der Waals surface area contributed by atoms with Crippen LogP contribution in [0.2, 0.25) is 0 Å². The molecular weight excluding hydrogens is 272 g/mol. The van der Waals surface area contributed by atoms with Gasteiger partial charge in [0.05, 0.1) is 6.54 Å². The van der Waals surface area contributed by atoms with Gasteiger partial charge in [0, 0.05) is 11.8 Å². The molecule has 0 radical (unpaired) electrons. The molecule has 1 amide bonds. The van der Waals surface area contributed by atoms with E-state index >= 15 is 0 Å². The zero-order chi connectivity index (χ0) is 15.6. The summed E-state index contributed by atoms with van der Waals surface area (Å²) in [5.41, 5.74) is -0.597. The number of aromatic amines is 1. The average Bonchev–Trinajstić information content (AvgIpc) is 3.04. The largest absolute Gasteiger partial charge is 0.463 e. The zero-order valence-corrected chi connectivity index (χ0v) is 12.2. The summed E-state index contributed by atoms with van der Waals surface area (Å²) in [6.45, 7) is 4.75. The highest BCUT2D eigenvalue weighted by atomic mass is 16.4. The van der Waals surface area contributed by atoms with E-state index in [0.717, 1.165) is 0 Å². The summed E-state index contributed by atoms with van der Waals surface area (Å²) in [7, 11) is 0. The van der Waals surface area contributed by atoms with Crippen molar-refractivity contribution >= 4 is 11.7 Å². The van der Waals surface area contributed by atoms with Crippen LogP contribution in [0.4, 0.5) is 0 Å². The summed E-state index contributed by atoms with van der Waals surface area (Å²) >= 11 is 0. The maximum atomic E-state index is 12.0. The summed E-state index contributed by atoms with van der Waals surface area (Å²) < 4.78 is 5.37. The number of furan rings is 1. The molecule has 2 aromatic heterocycles. The van der Waals surface area contributed by atoms with Gasteiger partial charge < -0.3 is 19.8 Å². The second kappa shape index (κ2) is 5.57. The minimum absolute atomic E-state index is 0.00673. The molecule has 2 aromatic rings. The van der Waals surface area contributed by atoms with Gasteiger partial charge in [0.15, 0.2) is 5.78 Å². The standard InChI is InChI=1S/C15H18N2O4/c1-9-4-5-13(21-9)15(3,20)8-17-14(19)12-6-11(7-16-12)10(2)18/h4-7,16,20H,8H2,1-3H3,(H,17,19). The van der Waals surface area contributed by atoms with Crippen LogP contribution in [0.5, 0.6) is 0 Å². The quantitative estimate of drug-likeness (QED) is 0.731. The Morgan fingerprint density at radius 3 is 2.67 bits per heavy atom. The Morgan fingerprint density at radius 1 is 1.43 bits per heavy atom. The first-order valence-corrected chi connectivity index (χ1v) is 6.56. The van der Waals surface area contributed by atoms with Crippen LogP contribution in [0.25, 0.3) is 0 Å². The number of carbonyl (C=O) groups excluding carboxylic acids is 2. The van der Waals surface area contributed by atoms with E-state index < -0.39 is 11.5 Å². The number of H-pyrrole nitrogens is 1. The fourth-order valence-electron chi connectivity index (χ4n) is 1.89. The SMILES string of the molecule is CC(=O)c1c[nH]c(C(=O)NCC(C)(O)c2ccc(C)o2)c1. The molecule has 0 aliphatic heterocycles. The number of aromatic nitrogens is 1. The van der Waals surface area contributed by atoms with Gasteiger partial charge in [-0.2, -0.15) is 0 Å². The lowest BCUT2D eigenvalue weighted by atomic mass is 10.0. The molecule has 3 N–H and O–H groups in total. The van der Waals surface area contributed by atoms with Crippen molar-refractivity contribution < 1.29 is 19.1 Å². The van der Waals surface area contributed by atoms with Crippen molar-refractivity contribution in [2.45, 2.75) is 26.4 Å². The van der Waals surface area contributed by atoms with E-state index in [1.807, 2.05) is 0 Å². The molecule has 0 bridgehead atoms. The lowest BCUT2D eigenvalue weighted by molar-refractivity contribution is 0.0322. The van der Waals surface area contributed by atoms with Crippen LogP contribution < -0.4 is 5.32 Å². The number of carbonyl (C=O) groups is 2. The number of aliphatic hydroxyl groups is 1. The first-order valence-electron chi connectivity index (χ1n) is 6.56. The van der Waals surface area contributed by atoms with Crippen molar-refractivity contribution in [3.63, 3.8) is 0 Å². The van der Waals surface area contributed by atoms with Gasteiger partial charge in [0.1, 0.15) is 22.8 Å². The highest BCUT2D eigenvalue weighted by Gasteiger charge is 2.27. The van der Waals surface area contributed by atoms with Crippen LogP contribution in [-0.4, -0.2) is 28.3 Å². The molecule has 6 nitrogen and oxygen atoms in total. The normalized spacial score (nSPS) is 13.7. The van der Waals surface area contributed by atoms with Crippen molar-refractivity contribution in [2.75, 3.05) is 6.54 Å². The predicted molar refractivity (Wildman–Crippen MR) is 76.1 cm³/mol. The molecule has 1 atom stereocenters. The van der Waals surface area contributed by atoms with E-state index in [2.05, 4.69) is 10.3 Å². The van der Waals surface area contributed by atoms with Gasteiger partial charge in [-0.3, -0.25) is 9.59 Å². The van der Waals surface area contributed by atoms with Crippen molar-refractivity contribution in [3.05, 3.63) is 47.2 Å². The van der Waals surface area contributed by atoms with Crippen LogP contribution >= 0.6 is 0 Å². The third kappa shape index (κ3) is 3.41. The molecule has 21 heavy (non-hydrogen) atoms. The number of ketones is 1. The first kappa shape index (κ1) is 15.1. The third-order valence-corrected chi connectivity index (χ3v) is 3.20. The molecule has 0 fully saturated rings. The Labute approximate surface area is 122 Å². The number of amides is 1. The average molecular weight is 290 g/mol. The van der Waals surface area contributed by atoms with Crippen molar-refractivity contribution in [1.82, 2.24) is 10.3 Å². The number of Topliss-reactive ketones (excluding diaryl/α,β-unsaturated/α-hetero) is 1. The molecule has 2 heterocycles. The highest BCUT2D eigenvalue weighted by Crippen LogP contribution is 2.22. The maximum absolute atomic E-state index is 12.0. The lowest BCUT2D eigenvalue weighted by Gasteiger charge is -2.21. The molecule has 0 spiro atoms. The monoisotopic (exact) mass is 290 g/mol. The molecule has 0 aliphatic rings. The second-order valence-electron chi connectivity index (χ2n) is 5.23. The van der Waals surface area contributed by atoms with Gasteiger partial charge >= 0.3 is 0 Å². The fraction of sp³-hybridized carbons (Fsp3) is 0.333. The van der Waals surface area contributed by atoms with Crippen LogP contribution in [0.15, 0.2) is 28.8 Å². The predicted octanol–water partition coefficient (Wildman–Crippen LogP) is 1.76. The fourth-order valence-corrected chi connectivity index (χ4v) is 1.89. The molecule has 0 aromatic carbocycles. The molecule has 112 valence electrons. The summed E-state index contributed by atoms with van der Waals surface area (Å²) in [6, 6.07) is 4.89. The molecule has 0 aliphatic carbocycles. The second-order valence-corrected chi connectivity index (χ2v) is 5.23. The molecule has 1 unspecified atom stereocenters. The van der Waals surface area contributed by atoms with E-state index in [-0.39, 0.29) is 18.0 Å². The van der Waals surface area contributed by atoms with Gasteiger partial charge in [-0.1, -0.05) is 0 Å². The van der Waals surface area contributed by atoms with Crippen LogP contribution in [0.1, 0.15) is 46.2 Å². The van der Waals surface area contributed by atoms with Crippen LogP contribution in [-0.2, 0) is 5.60 Å². The molecular formula is C15H18N2O4. The third-order valence-electron chi connectivity index (χ3n) is 3.20. The molecule has 2 rings (SSSR count). The Morgan fingerprint density at radius 2 is 2.14 bits per heavy atom. The van der Waals surface area contributed by atoms with Gasteiger partial charge in [0.25, 0.3) is 5.91 Å². The summed E-state index contributed by atoms with van der Waals surface area (Å²) in [4.78, 5) is 25.9. The Kier molecular flexibility index (Phi) is 3.99. The number of hydrogen-bond donors (Lipinski definition) is 3. The lowest BCUT2D eigenvalue weighted by Crippen LogP contribution is -2.38. The van der Waals surface area contributed by atoms with E-state index in [0.29, 0.717) is 17.1 Å². The van der Waals surface area contributed by atoms with Gasteiger partial charge in [-0.15, -0.1) is 0 Å². The van der Waals surface area contributed by atoms with Crippen LogP contribution in [0.3, 0.4) is 0 Å². The van der Waals surface area contributed by atoms with Crippen LogP contribution in [0, 0.1) is 6.92 Å². The summed E-state index contributed by atoms with van der Waals surface area (Å²) in [5, 5.41) is 12.9. The van der Waals surface area contributed by atoms with Gasteiger partial charge in [-0.25, -0.2) is 0 Å². The minimum atomic E-state index is -1.31.